The molecule has 0 radical (unpaired) electrons. The van der Waals surface area contributed by atoms with Gasteiger partial charge in [-0.05, 0) is 59.5 Å². The zero-order valence-electron chi connectivity index (χ0n) is 15.2. The molecule has 0 spiro atoms. The third kappa shape index (κ3) is 4.03. The Morgan fingerprint density at radius 3 is 2.72 bits per heavy atom. The molecular weight excluding hydrogens is 386 g/mol. The summed E-state index contributed by atoms with van der Waals surface area (Å²) in [6, 6.07) is 16.6. The van der Waals surface area contributed by atoms with Crippen molar-refractivity contribution in [2.45, 2.75) is 12.8 Å². The summed E-state index contributed by atoms with van der Waals surface area (Å²) in [6.45, 7) is 0. The van der Waals surface area contributed by atoms with Crippen LogP contribution in [0.1, 0.15) is 23.1 Å². The highest BCUT2D eigenvalue weighted by Crippen LogP contribution is 2.38. The number of nitriles is 2. The molecule has 4 rings (SSSR count). The SMILES string of the molecule is N#CCC1=CCc2cc(Cl)c(Oc3ccnc(Nc4ccc(C#N)cc4)n3)cc21. The molecule has 140 valence electrons. The number of hydrogen-bond acceptors (Lipinski definition) is 6. The maximum Gasteiger partial charge on any atom is 0.230 e. The number of nitrogens with zero attached hydrogens (tertiary/aromatic N) is 4. The van der Waals surface area contributed by atoms with E-state index in [4.69, 9.17) is 26.9 Å². The number of rotatable bonds is 5. The number of hydrogen-bond donors (Lipinski definition) is 1. The van der Waals surface area contributed by atoms with E-state index in [1.54, 1.807) is 36.5 Å². The lowest BCUT2D eigenvalue weighted by atomic mass is 10.0. The van der Waals surface area contributed by atoms with Crippen LogP contribution >= 0.6 is 11.6 Å². The van der Waals surface area contributed by atoms with E-state index in [0.717, 1.165) is 28.8 Å². The van der Waals surface area contributed by atoms with E-state index in [2.05, 4.69) is 27.4 Å². The minimum atomic E-state index is 0.335. The first kappa shape index (κ1) is 18.5. The summed E-state index contributed by atoms with van der Waals surface area (Å²) in [7, 11) is 0. The molecule has 1 aliphatic rings. The van der Waals surface area contributed by atoms with Crippen LogP contribution in [-0.4, -0.2) is 9.97 Å². The summed E-state index contributed by atoms with van der Waals surface area (Å²) in [6.07, 6.45) is 4.73. The average Bonchev–Trinajstić information content (AvgIpc) is 3.11. The van der Waals surface area contributed by atoms with Crippen molar-refractivity contribution in [1.29, 1.82) is 10.5 Å². The number of aromatic nitrogens is 2. The van der Waals surface area contributed by atoms with Crippen LogP contribution in [0, 0.1) is 22.7 Å². The van der Waals surface area contributed by atoms with E-state index in [0.29, 0.717) is 34.6 Å². The number of halogens is 1. The van der Waals surface area contributed by atoms with E-state index in [1.165, 1.54) is 0 Å². The van der Waals surface area contributed by atoms with Crippen LogP contribution in [0.25, 0.3) is 5.57 Å². The third-order valence-corrected chi connectivity index (χ3v) is 4.75. The van der Waals surface area contributed by atoms with E-state index < -0.39 is 0 Å². The van der Waals surface area contributed by atoms with Gasteiger partial charge in [-0.2, -0.15) is 15.5 Å². The van der Waals surface area contributed by atoms with E-state index in [1.807, 2.05) is 18.2 Å². The molecule has 6 nitrogen and oxygen atoms in total. The predicted octanol–water partition coefficient (Wildman–Crippen LogP) is 5.39. The second-order valence-corrected chi connectivity index (χ2v) is 6.75. The zero-order chi connectivity index (χ0) is 20.2. The summed E-state index contributed by atoms with van der Waals surface area (Å²) in [4.78, 5) is 8.55. The van der Waals surface area contributed by atoms with Crippen molar-refractivity contribution in [3.05, 3.63) is 76.5 Å². The van der Waals surface area contributed by atoms with Crippen molar-refractivity contribution in [2.24, 2.45) is 0 Å². The Morgan fingerprint density at radius 1 is 1.14 bits per heavy atom. The van der Waals surface area contributed by atoms with E-state index in [-0.39, 0.29) is 0 Å². The lowest BCUT2D eigenvalue weighted by Crippen LogP contribution is -1.99. The fourth-order valence-electron chi connectivity index (χ4n) is 3.07. The first-order chi connectivity index (χ1) is 14.2. The minimum Gasteiger partial charge on any atom is -0.437 e. The molecule has 2 aromatic carbocycles. The first-order valence-corrected chi connectivity index (χ1v) is 9.21. The van der Waals surface area contributed by atoms with Gasteiger partial charge in [0, 0.05) is 18.0 Å². The van der Waals surface area contributed by atoms with Crippen LogP contribution in [0.5, 0.6) is 11.6 Å². The van der Waals surface area contributed by atoms with Gasteiger partial charge < -0.3 is 10.1 Å². The van der Waals surface area contributed by atoms with Gasteiger partial charge in [-0.25, -0.2) is 4.98 Å². The van der Waals surface area contributed by atoms with Crippen LogP contribution in [0.15, 0.2) is 54.7 Å². The van der Waals surface area contributed by atoms with Crippen molar-refractivity contribution < 1.29 is 4.74 Å². The quantitative estimate of drug-likeness (QED) is 0.617. The van der Waals surface area contributed by atoms with Crippen molar-refractivity contribution in [2.75, 3.05) is 5.32 Å². The predicted molar refractivity (Wildman–Crippen MR) is 110 cm³/mol. The van der Waals surface area contributed by atoms with Crippen molar-refractivity contribution in [3.8, 4) is 23.8 Å². The van der Waals surface area contributed by atoms with Gasteiger partial charge in [-0.15, -0.1) is 0 Å². The number of fused-ring (bicyclic) bond motifs is 1. The summed E-state index contributed by atoms with van der Waals surface area (Å²) in [5.41, 5.74) is 4.37. The molecule has 0 unspecified atom stereocenters. The maximum absolute atomic E-state index is 9.00. The first-order valence-electron chi connectivity index (χ1n) is 8.83. The molecular formula is C22H14ClN5O. The second-order valence-electron chi connectivity index (χ2n) is 6.34. The molecule has 0 saturated carbocycles. The summed E-state index contributed by atoms with van der Waals surface area (Å²) < 4.78 is 5.90. The Bertz CT molecular complexity index is 1190. The standard InChI is InChI=1S/C22H14ClN5O/c23-19-11-16-4-3-15(7-9-24)18(16)12-20(19)29-21-8-10-26-22(28-21)27-17-5-1-14(13-25)2-6-17/h1-3,5-6,8,10-12H,4,7H2,(H,26,27,28). The highest BCUT2D eigenvalue weighted by atomic mass is 35.5. The number of anilines is 2. The average molecular weight is 400 g/mol. The molecule has 1 N–H and O–H groups in total. The van der Waals surface area contributed by atoms with Crippen LogP contribution in [0.2, 0.25) is 5.02 Å². The summed E-state index contributed by atoms with van der Waals surface area (Å²) in [5.74, 6) is 1.16. The van der Waals surface area contributed by atoms with Crippen LogP contribution in [0.3, 0.4) is 0 Å². The third-order valence-electron chi connectivity index (χ3n) is 4.46. The van der Waals surface area contributed by atoms with Gasteiger partial charge in [0.05, 0.1) is 29.1 Å². The number of nitrogens with one attached hydrogen (secondary N) is 1. The molecule has 0 fully saturated rings. The Kier molecular flexibility index (Phi) is 5.11. The van der Waals surface area contributed by atoms with Gasteiger partial charge in [-0.3, -0.25) is 0 Å². The maximum atomic E-state index is 9.00. The molecule has 29 heavy (non-hydrogen) atoms. The summed E-state index contributed by atoms with van der Waals surface area (Å²) in [5, 5.41) is 21.4. The number of benzene rings is 2. The van der Waals surface area contributed by atoms with Crippen molar-refractivity contribution >= 4 is 28.8 Å². The molecule has 1 aromatic heterocycles. The lowest BCUT2D eigenvalue weighted by Gasteiger charge is -2.11. The molecule has 7 heteroatoms. The Balaban J connectivity index is 1.55. The largest absolute Gasteiger partial charge is 0.437 e. The van der Waals surface area contributed by atoms with E-state index >= 15 is 0 Å². The second kappa shape index (κ2) is 8.02. The monoisotopic (exact) mass is 399 g/mol. The normalized spacial score (nSPS) is 11.8. The van der Waals surface area contributed by atoms with Crippen LogP contribution < -0.4 is 10.1 Å². The van der Waals surface area contributed by atoms with E-state index in [9.17, 15) is 0 Å². The van der Waals surface area contributed by atoms with Crippen molar-refractivity contribution in [3.63, 3.8) is 0 Å². The smallest absolute Gasteiger partial charge is 0.230 e. The fourth-order valence-corrected chi connectivity index (χ4v) is 3.29. The molecule has 3 aromatic rings. The molecule has 0 saturated heterocycles. The molecule has 0 bridgehead atoms. The van der Waals surface area contributed by atoms with Gasteiger partial charge in [-0.1, -0.05) is 17.7 Å². The fraction of sp³-hybridized carbons (Fsp3) is 0.0909. The van der Waals surface area contributed by atoms with Crippen molar-refractivity contribution in [1.82, 2.24) is 9.97 Å². The highest BCUT2D eigenvalue weighted by molar-refractivity contribution is 6.32. The number of ether oxygens (including phenoxy) is 1. The molecule has 1 aliphatic carbocycles. The van der Waals surface area contributed by atoms with Gasteiger partial charge in [0.1, 0.15) is 5.75 Å². The Hall–Kier alpha value is -3.87. The van der Waals surface area contributed by atoms with Gasteiger partial charge >= 0.3 is 0 Å². The van der Waals surface area contributed by atoms with Gasteiger partial charge in [0.2, 0.25) is 11.8 Å². The highest BCUT2D eigenvalue weighted by Gasteiger charge is 2.18. The lowest BCUT2D eigenvalue weighted by molar-refractivity contribution is 0.462. The molecule has 0 atom stereocenters. The Labute approximate surface area is 172 Å². The molecule has 0 amide bonds. The van der Waals surface area contributed by atoms with Gasteiger partial charge in [0.25, 0.3) is 0 Å². The summed E-state index contributed by atoms with van der Waals surface area (Å²) >= 11 is 6.38. The van der Waals surface area contributed by atoms with Gasteiger partial charge in [0.15, 0.2) is 0 Å². The zero-order valence-corrected chi connectivity index (χ0v) is 15.9. The van der Waals surface area contributed by atoms with Crippen LogP contribution in [-0.2, 0) is 6.42 Å². The Morgan fingerprint density at radius 2 is 1.97 bits per heavy atom. The molecule has 0 aliphatic heterocycles. The van der Waals surface area contributed by atoms with Crippen LogP contribution in [0.4, 0.5) is 11.6 Å². The molecule has 1 heterocycles. The number of allylic oxidation sites excluding steroid dienone is 2. The topological polar surface area (TPSA) is 94.6 Å². The minimum absolute atomic E-state index is 0.335.